The van der Waals surface area contributed by atoms with Gasteiger partial charge in [0.05, 0.1) is 29.6 Å². The minimum Gasteiger partial charge on any atom is -0.496 e. The van der Waals surface area contributed by atoms with Crippen LogP contribution in [0.15, 0.2) is 54.9 Å². The molecule has 0 atom stereocenters. The number of carbonyl (C=O) groups excluding carboxylic acids is 1. The van der Waals surface area contributed by atoms with Crippen molar-refractivity contribution in [3.63, 3.8) is 0 Å². The number of para-hydroxylation sites is 1. The molecule has 4 aromatic rings. The quantitative estimate of drug-likeness (QED) is 0.428. The Kier molecular flexibility index (Phi) is 5.16. The van der Waals surface area contributed by atoms with Gasteiger partial charge < -0.3 is 15.8 Å². The lowest BCUT2D eigenvalue weighted by molar-refractivity contribution is 0.0927. The lowest BCUT2D eigenvalue weighted by Gasteiger charge is -2.19. The Labute approximate surface area is 203 Å². The van der Waals surface area contributed by atoms with Crippen molar-refractivity contribution in [1.29, 1.82) is 0 Å². The molecule has 0 aliphatic heterocycles. The van der Waals surface area contributed by atoms with E-state index in [1.54, 1.807) is 19.2 Å². The third-order valence-electron chi connectivity index (χ3n) is 7.35. The molecular formula is C27H28N6O2. The molecule has 0 bridgehead atoms. The molecule has 35 heavy (non-hydrogen) atoms. The predicted octanol–water partition coefficient (Wildman–Crippen LogP) is 4.62. The van der Waals surface area contributed by atoms with Crippen LogP contribution in [0.3, 0.4) is 0 Å². The van der Waals surface area contributed by atoms with Gasteiger partial charge in [-0.25, -0.2) is 14.6 Å². The van der Waals surface area contributed by atoms with Crippen LogP contribution in [-0.2, 0) is 5.54 Å². The zero-order chi connectivity index (χ0) is 24.0. The number of nitrogen functional groups attached to an aromatic ring is 1. The second kappa shape index (κ2) is 8.37. The molecule has 1 amide bonds. The number of methoxy groups -OCH3 is 1. The number of benzene rings is 2. The van der Waals surface area contributed by atoms with E-state index < -0.39 is 0 Å². The third-order valence-corrected chi connectivity index (χ3v) is 7.35. The number of carbonyl (C=O) groups is 1. The largest absolute Gasteiger partial charge is 0.496 e. The van der Waals surface area contributed by atoms with E-state index in [9.17, 15) is 4.79 Å². The van der Waals surface area contributed by atoms with Gasteiger partial charge in [0.25, 0.3) is 5.91 Å². The summed E-state index contributed by atoms with van der Waals surface area (Å²) in [5.74, 6) is 0.886. The van der Waals surface area contributed by atoms with Gasteiger partial charge in [-0.3, -0.25) is 4.79 Å². The van der Waals surface area contributed by atoms with Crippen LogP contribution in [0.5, 0.6) is 5.75 Å². The molecule has 0 unspecified atom stereocenters. The molecule has 2 aliphatic carbocycles. The van der Waals surface area contributed by atoms with E-state index in [2.05, 4.69) is 39.6 Å². The van der Waals surface area contributed by atoms with Crippen LogP contribution < -0.4 is 15.8 Å². The van der Waals surface area contributed by atoms with Gasteiger partial charge in [0.1, 0.15) is 23.6 Å². The summed E-state index contributed by atoms with van der Waals surface area (Å²) in [4.78, 5) is 21.8. The molecule has 2 aliphatic rings. The number of nitrogens with two attached hydrogens (primary N) is 1. The van der Waals surface area contributed by atoms with Crippen LogP contribution in [0.4, 0.5) is 5.82 Å². The van der Waals surface area contributed by atoms with Gasteiger partial charge in [-0.1, -0.05) is 49.2 Å². The Morgan fingerprint density at radius 1 is 1.09 bits per heavy atom. The molecule has 0 saturated heterocycles. The average Bonchev–Trinajstić information content (AvgIpc) is 3.29. The molecule has 6 rings (SSSR count). The second-order valence-electron chi connectivity index (χ2n) is 9.50. The SMILES string of the molecule is COc1ccccc1C(=O)NC1(c2ccc(-c3nn(C4CCCC4)c4ncnc(N)c34)cc2)CC1. The van der Waals surface area contributed by atoms with Gasteiger partial charge in [-0.05, 0) is 43.4 Å². The molecule has 8 heteroatoms. The highest BCUT2D eigenvalue weighted by Crippen LogP contribution is 2.46. The average molecular weight is 469 g/mol. The van der Waals surface area contributed by atoms with Gasteiger partial charge in [0, 0.05) is 5.56 Å². The second-order valence-corrected chi connectivity index (χ2v) is 9.50. The maximum absolute atomic E-state index is 13.0. The topological polar surface area (TPSA) is 108 Å². The van der Waals surface area contributed by atoms with E-state index in [0.29, 0.717) is 23.2 Å². The fourth-order valence-corrected chi connectivity index (χ4v) is 5.28. The molecule has 0 spiro atoms. The number of fused-ring (bicyclic) bond motifs is 1. The molecule has 2 heterocycles. The van der Waals surface area contributed by atoms with Crippen molar-refractivity contribution in [2.75, 3.05) is 12.8 Å². The van der Waals surface area contributed by atoms with E-state index in [0.717, 1.165) is 53.5 Å². The molecule has 2 saturated carbocycles. The minimum atomic E-state index is -0.357. The first-order valence-electron chi connectivity index (χ1n) is 12.1. The van der Waals surface area contributed by atoms with Gasteiger partial charge in [-0.2, -0.15) is 5.10 Å². The van der Waals surface area contributed by atoms with E-state index in [1.807, 2.05) is 16.8 Å². The van der Waals surface area contributed by atoms with Gasteiger partial charge >= 0.3 is 0 Å². The van der Waals surface area contributed by atoms with Crippen molar-refractivity contribution in [3.8, 4) is 17.0 Å². The summed E-state index contributed by atoms with van der Waals surface area (Å²) in [6.45, 7) is 0. The molecule has 2 aromatic carbocycles. The normalized spacial score (nSPS) is 16.9. The number of ether oxygens (including phenoxy) is 1. The summed E-state index contributed by atoms with van der Waals surface area (Å²) in [7, 11) is 1.58. The first-order chi connectivity index (χ1) is 17.1. The highest BCUT2D eigenvalue weighted by molar-refractivity contribution is 5.99. The predicted molar refractivity (Wildman–Crippen MR) is 134 cm³/mol. The lowest BCUT2D eigenvalue weighted by atomic mass is 10.0. The van der Waals surface area contributed by atoms with Crippen molar-refractivity contribution in [2.45, 2.75) is 50.1 Å². The summed E-state index contributed by atoms with van der Waals surface area (Å²) in [6.07, 6.45) is 7.93. The smallest absolute Gasteiger partial charge is 0.255 e. The Morgan fingerprint density at radius 3 is 2.54 bits per heavy atom. The molecule has 3 N–H and O–H groups in total. The van der Waals surface area contributed by atoms with Crippen LogP contribution >= 0.6 is 0 Å². The van der Waals surface area contributed by atoms with Crippen molar-refractivity contribution in [1.82, 2.24) is 25.1 Å². The van der Waals surface area contributed by atoms with Crippen LogP contribution in [-0.4, -0.2) is 32.8 Å². The summed E-state index contributed by atoms with van der Waals surface area (Å²) in [5.41, 5.74) is 10.1. The van der Waals surface area contributed by atoms with Crippen LogP contribution in [0.2, 0.25) is 0 Å². The first-order valence-corrected chi connectivity index (χ1v) is 12.1. The fraction of sp³-hybridized carbons (Fsp3) is 0.333. The number of amides is 1. The maximum atomic E-state index is 13.0. The Bertz CT molecular complexity index is 1400. The Balaban J connectivity index is 1.31. The van der Waals surface area contributed by atoms with Crippen molar-refractivity contribution >= 4 is 22.8 Å². The standard InChI is InChI=1S/C27H28N6O2/c1-35-21-9-5-4-8-20(21)26(34)31-27(14-15-27)18-12-10-17(11-13-18)23-22-24(28)29-16-30-25(22)33(32-23)19-6-2-3-7-19/h4-5,8-13,16,19H,2-3,6-7,14-15H2,1H3,(H,31,34)(H2,28,29,30). The van der Waals surface area contributed by atoms with E-state index in [1.165, 1.54) is 19.2 Å². The molecule has 178 valence electrons. The number of hydrogen-bond donors (Lipinski definition) is 2. The van der Waals surface area contributed by atoms with Crippen LogP contribution in [0.25, 0.3) is 22.3 Å². The Hall–Kier alpha value is -3.94. The number of nitrogens with one attached hydrogen (secondary N) is 1. The van der Waals surface area contributed by atoms with Crippen molar-refractivity contribution in [3.05, 3.63) is 66.0 Å². The van der Waals surface area contributed by atoms with Gasteiger partial charge in [0.15, 0.2) is 5.65 Å². The van der Waals surface area contributed by atoms with Crippen LogP contribution in [0, 0.1) is 0 Å². The van der Waals surface area contributed by atoms with Gasteiger partial charge in [0.2, 0.25) is 0 Å². The van der Waals surface area contributed by atoms with Crippen molar-refractivity contribution in [2.24, 2.45) is 0 Å². The van der Waals surface area contributed by atoms with E-state index >= 15 is 0 Å². The number of hydrogen-bond acceptors (Lipinski definition) is 6. The van der Waals surface area contributed by atoms with Crippen molar-refractivity contribution < 1.29 is 9.53 Å². The maximum Gasteiger partial charge on any atom is 0.255 e. The Morgan fingerprint density at radius 2 is 1.83 bits per heavy atom. The summed E-state index contributed by atoms with van der Waals surface area (Å²) in [5, 5.41) is 9.01. The highest BCUT2D eigenvalue weighted by Gasteiger charge is 2.46. The molecule has 0 radical (unpaired) electrons. The summed E-state index contributed by atoms with van der Waals surface area (Å²) in [6, 6.07) is 15.9. The third kappa shape index (κ3) is 3.69. The number of nitrogens with zero attached hydrogens (tertiary/aromatic N) is 4. The number of rotatable bonds is 6. The highest BCUT2D eigenvalue weighted by atomic mass is 16.5. The zero-order valence-corrected chi connectivity index (χ0v) is 19.7. The molecule has 2 fully saturated rings. The molecule has 2 aromatic heterocycles. The van der Waals surface area contributed by atoms with E-state index in [-0.39, 0.29) is 11.4 Å². The summed E-state index contributed by atoms with van der Waals surface area (Å²) < 4.78 is 7.41. The first kappa shape index (κ1) is 21.6. The van der Waals surface area contributed by atoms with E-state index in [4.69, 9.17) is 15.6 Å². The number of aromatic nitrogens is 4. The summed E-state index contributed by atoms with van der Waals surface area (Å²) >= 11 is 0. The zero-order valence-electron chi connectivity index (χ0n) is 19.7. The minimum absolute atomic E-state index is 0.129. The van der Waals surface area contributed by atoms with Crippen LogP contribution in [0.1, 0.15) is 60.5 Å². The fourth-order valence-electron chi connectivity index (χ4n) is 5.28. The lowest BCUT2D eigenvalue weighted by Crippen LogP contribution is -2.35. The molecule has 8 nitrogen and oxygen atoms in total. The number of anilines is 1. The molecular weight excluding hydrogens is 440 g/mol. The van der Waals surface area contributed by atoms with Gasteiger partial charge in [-0.15, -0.1) is 0 Å². The monoisotopic (exact) mass is 468 g/mol.